The highest BCUT2D eigenvalue weighted by molar-refractivity contribution is 6.32. The molecule has 5 aliphatic heterocycles. The lowest BCUT2D eigenvalue weighted by molar-refractivity contribution is -0.417. The molecule has 0 saturated carbocycles. The number of rotatable bonds is 41. The molecule has 0 unspecified atom stereocenters. The summed E-state index contributed by atoms with van der Waals surface area (Å²) in [4.78, 5) is 0. The summed E-state index contributed by atoms with van der Waals surface area (Å²) in [5.74, 6) is -4.08. The summed E-state index contributed by atoms with van der Waals surface area (Å²) >= 11 is 20.0. The zero-order valence-electron chi connectivity index (χ0n) is 76.3. The maximum atomic E-state index is 12.7. The van der Waals surface area contributed by atoms with Gasteiger partial charge in [-0.1, -0.05) is 271 Å². The third kappa shape index (κ3) is 24.6. The van der Waals surface area contributed by atoms with E-state index in [1.54, 1.807) is 97.1 Å². The minimum Gasteiger partial charge on any atom is -0.488 e. The Labute approximate surface area is 822 Å². The van der Waals surface area contributed by atoms with E-state index in [0.717, 1.165) is 55.6 Å². The topological polar surface area (TPSA) is 280 Å². The molecular formula is C109H109Cl3F6O22. The van der Waals surface area contributed by atoms with E-state index in [4.69, 9.17) is 106 Å². The second-order valence-electron chi connectivity index (χ2n) is 34.7. The van der Waals surface area contributed by atoms with E-state index in [-0.39, 0.29) is 52.9 Å². The number of fused-ring (bicyclic) bond motifs is 4. The van der Waals surface area contributed by atoms with Crippen LogP contribution in [0.3, 0.4) is 0 Å². The molecule has 7 N–H and O–H groups in total. The van der Waals surface area contributed by atoms with Gasteiger partial charge in [0.2, 0.25) is 17.4 Å². The van der Waals surface area contributed by atoms with Crippen molar-refractivity contribution in [3.8, 4) is 17.2 Å². The third-order valence-corrected chi connectivity index (χ3v) is 26.2. The lowest BCUT2D eigenvalue weighted by Crippen LogP contribution is -2.72. The predicted molar refractivity (Wildman–Crippen MR) is 508 cm³/mol. The van der Waals surface area contributed by atoms with Crippen LogP contribution in [0.5, 0.6) is 17.2 Å². The van der Waals surface area contributed by atoms with Gasteiger partial charge in [0.25, 0.3) is 19.3 Å². The van der Waals surface area contributed by atoms with Crippen molar-refractivity contribution in [1.82, 2.24) is 0 Å². The van der Waals surface area contributed by atoms with Gasteiger partial charge in [0.1, 0.15) is 109 Å². The molecule has 140 heavy (non-hydrogen) atoms. The number of benzene rings is 12. The number of aliphatic hydroxyl groups excluding tert-OH is 7. The average Bonchev–Trinajstić information content (AvgIpc) is 1.56. The Balaban J connectivity index is 0.000000164. The van der Waals surface area contributed by atoms with Crippen LogP contribution in [0.15, 0.2) is 309 Å². The predicted octanol–water partition coefficient (Wildman–Crippen LogP) is 17.8. The number of aliphatic hydroxyl groups is 7. The zero-order chi connectivity index (χ0) is 98.4. The van der Waals surface area contributed by atoms with Gasteiger partial charge >= 0.3 is 0 Å². The van der Waals surface area contributed by atoms with Crippen LogP contribution < -0.4 is 14.2 Å². The molecule has 5 heterocycles. The highest BCUT2D eigenvalue weighted by atomic mass is 35.5. The Morgan fingerprint density at radius 1 is 0.321 bits per heavy atom. The molecule has 14 atom stereocenters. The van der Waals surface area contributed by atoms with E-state index in [1.165, 1.54) is 7.11 Å². The molecule has 12 aromatic carbocycles. The summed E-state index contributed by atoms with van der Waals surface area (Å²) in [6.07, 6.45) is -16.8. The number of halogens is 9. The molecule has 740 valence electrons. The van der Waals surface area contributed by atoms with E-state index >= 15 is 0 Å². The monoisotopic (exact) mass is 1990 g/mol. The summed E-state index contributed by atoms with van der Waals surface area (Å²) in [6, 6.07) is 94.4. The summed E-state index contributed by atoms with van der Waals surface area (Å²) in [6.45, 7) is -3.43. The Morgan fingerprint density at radius 2 is 0.629 bits per heavy atom. The first-order chi connectivity index (χ1) is 67.9. The van der Waals surface area contributed by atoms with Gasteiger partial charge in [-0.25, -0.2) is 26.3 Å². The van der Waals surface area contributed by atoms with Crippen molar-refractivity contribution < 1.29 is 133 Å². The first kappa shape index (κ1) is 104. The Morgan fingerprint density at radius 3 is 0.986 bits per heavy atom. The van der Waals surface area contributed by atoms with E-state index in [2.05, 4.69) is 0 Å². The number of ether oxygens (including phenoxy) is 15. The van der Waals surface area contributed by atoms with Gasteiger partial charge in [0.05, 0.1) is 79.3 Å². The molecule has 5 aliphatic rings. The summed E-state index contributed by atoms with van der Waals surface area (Å²) in [7, 11) is 1.48. The normalized spacial score (nSPS) is 24.4. The standard InChI is InChI=1S/C44H45ClF2O8.C43H41ClF2O7.C22H23ClF2O7/c1-50-44(36-19-22-38(45)35(24-36)23-31-17-20-37(21-18-31)51-28-39(46)47)42(54-27-34-15-9-4-10-16-34)40(52-25-32-11-5-2-6-12-32)41(43(29-48,30-49)55-44)53-26-33-13-7-3-8-14-33;44-37-21-18-35(23-34(37)22-30-16-19-36(20-17-30)48-27-38(45)46)43-41(51-26-33-14-8-3-9-15-33)39(49-24-31-10-4-1-5-11-31)40(42(28-47,53-43)29-52-43)50-25-32-12-6-2-7-13-32;23-16-6-3-14(22-20(29)18(27)19(28)21(10-26,32-22)11-31-22)8-13(16)7-12-1-4-15(5-2-12)30-9-17(24)25/h2-22,24,39-42,48-49H,23,25-30H2,1H3;1-21,23,38-41,47H,22,24-29H2;1-6,8,17-20,26-29H,7,9-11H2/t40-,41-,42+,44-;39-,40-,41+,42+,43+;18-,19-,20+,21+,22+/m000/s1. The fourth-order valence-electron chi connectivity index (χ4n) is 17.8. The SMILES string of the molecule is CO[C@@]1(c2ccc(Cl)c(Cc3ccc(OCC(F)F)cc3)c2)OC(CO)(CO)[C@@H](OCc2ccccc2)[C@H](OCc2ccccc2)[C@H]1OCc1ccccc1.OC[C@]12CO[C@](c3ccc(Cl)c(Cc4ccc(OCC(F)F)cc4)c3)(O1)[C@H](O)[C@@H](O)[C@@H]2O.OC[C@]12CO[C@](c3ccc(Cl)c(Cc4ccc(OCC(F)F)cc4)c3)(O1)[C@H](OCc1ccccc1)[C@@H](OCc1ccccc1)[C@@H]2OCc1ccccc1. The van der Waals surface area contributed by atoms with Gasteiger partial charge in [-0.15, -0.1) is 0 Å². The first-order valence-corrected chi connectivity index (χ1v) is 46.7. The second-order valence-corrected chi connectivity index (χ2v) is 35.9. The number of hydrogen-bond acceptors (Lipinski definition) is 22. The highest BCUT2D eigenvalue weighted by Gasteiger charge is 2.71. The number of methoxy groups -OCH3 is 1. The van der Waals surface area contributed by atoms with Gasteiger partial charge < -0.3 is 107 Å². The molecule has 12 aromatic rings. The number of hydrogen-bond donors (Lipinski definition) is 7. The van der Waals surface area contributed by atoms with Crippen molar-refractivity contribution >= 4 is 34.8 Å². The third-order valence-electron chi connectivity index (χ3n) is 25.1. The van der Waals surface area contributed by atoms with Gasteiger partial charge in [0, 0.05) is 38.9 Å². The van der Waals surface area contributed by atoms with E-state index in [0.29, 0.717) is 79.4 Å². The van der Waals surface area contributed by atoms with Crippen molar-refractivity contribution in [3.05, 3.63) is 408 Å². The van der Waals surface area contributed by atoms with E-state index in [1.807, 2.05) is 212 Å². The van der Waals surface area contributed by atoms with Gasteiger partial charge in [-0.2, -0.15) is 0 Å². The van der Waals surface area contributed by atoms with Gasteiger partial charge in [0.15, 0.2) is 0 Å². The molecule has 0 aromatic heterocycles. The second kappa shape index (κ2) is 48.2. The van der Waals surface area contributed by atoms with Crippen LogP contribution in [0, 0.1) is 0 Å². The average molecular weight is 1990 g/mol. The van der Waals surface area contributed by atoms with Crippen LogP contribution in [-0.2, 0) is 133 Å². The zero-order valence-corrected chi connectivity index (χ0v) is 78.5. The highest BCUT2D eigenvalue weighted by Crippen LogP contribution is 2.55. The van der Waals surface area contributed by atoms with Crippen LogP contribution >= 0.6 is 34.8 Å². The molecule has 17 rings (SSSR count). The van der Waals surface area contributed by atoms with Crippen LogP contribution in [0.25, 0.3) is 0 Å². The maximum absolute atomic E-state index is 12.7. The van der Waals surface area contributed by atoms with Crippen molar-refractivity contribution in [3.63, 3.8) is 0 Å². The molecule has 22 nitrogen and oxygen atoms in total. The summed E-state index contributed by atoms with van der Waals surface area (Å²) in [5.41, 5.74) is 7.08. The van der Waals surface area contributed by atoms with Crippen molar-refractivity contribution in [2.45, 2.75) is 167 Å². The molecule has 0 radical (unpaired) electrons. The molecule has 5 saturated heterocycles. The molecule has 5 fully saturated rings. The summed E-state index contributed by atoms with van der Waals surface area (Å²) < 4.78 is 170. The van der Waals surface area contributed by atoms with Crippen molar-refractivity contribution in [2.75, 3.05) is 66.6 Å². The molecule has 0 aliphatic carbocycles. The molecule has 0 spiro atoms. The lowest BCUT2D eigenvalue weighted by Gasteiger charge is -2.56. The van der Waals surface area contributed by atoms with Gasteiger partial charge in [-0.05, 0) is 159 Å². The Kier molecular flexibility index (Phi) is 35.8. The van der Waals surface area contributed by atoms with Crippen LogP contribution in [0.4, 0.5) is 26.3 Å². The van der Waals surface area contributed by atoms with Crippen molar-refractivity contribution in [2.24, 2.45) is 0 Å². The van der Waals surface area contributed by atoms with E-state index in [9.17, 15) is 62.1 Å². The fraction of sp³-hybridized carbons (Fsp3) is 0.339. The lowest BCUT2D eigenvalue weighted by atomic mass is 9.80. The quantitative estimate of drug-likeness (QED) is 0.0175. The van der Waals surface area contributed by atoms with Crippen molar-refractivity contribution in [1.29, 1.82) is 0 Å². The van der Waals surface area contributed by atoms with Crippen LogP contribution in [-0.4, -0.2) is 193 Å². The largest absolute Gasteiger partial charge is 0.488 e. The smallest absolute Gasteiger partial charge is 0.272 e. The molecule has 31 heteroatoms. The van der Waals surface area contributed by atoms with Gasteiger partial charge in [-0.3, -0.25) is 0 Å². The summed E-state index contributed by atoms with van der Waals surface area (Å²) in [5, 5.41) is 76.0. The van der Waals surface area contributed by atoms with Crippen LogP contribution in [0.2, 0.25) is 15.1 Å². The number of alkyl halides is 6. The maximum Gasteiger partial charge on any atom is 0.272 e. The fourth-order valence-corrected chi connectivity index (χ4v) is 18.4. The Bertz CT molecular complexity index is 5860. The Hall–Kier alpha value is -10.3. The molecule has 4 bridgehead atoms. The minimum atomic E-state index is -2.58. The first-order valence-electron chi connectivity index (χ1n) is 45.6. The molecule has 0 amide bonds. The minimum absolute atomic E-state index is 0.0113. The molecular weight excluding hydrogens is 1880 g/mol. The van der Waals surface area contributed by atoms with Crippen LogP contribution in [0.1, 0.15) is 83.5 Å². The van der Waals surface area contributed by atoms with E-state index < -0.39 is 155 Å².